The monoisotopic (exact) mass is 278 g/mol. The van der Waals surface area contributed by atoms with Gasteiger partial charge in [-0.3, -0.25) is 4.79 Å². The van der Waals surface area contributed by atoms with Gasteiger partial charge in [0, 0.05) is 25.0 Å². The molecule has 0 aliphatic carbocycles. The molecule has 2 rings (SSSR count). The van der Waals surface area contributed by atoms with Gasteiger partial charge in [-0.25, -0.2) is 0 Å². The molecular weight excluding hydrogens is 256 g/mol. The van der Waals surface area contributed by atoms with E-state index in [0.29, 0.717) is 26.3 Å². The van der Waals surface area contributed by atoms with E-state index in [1.807, 2.05) is 39.0 Å². The maximum absolute atomic E-state index is 11.6. The van der Waals surface area contributed by atoms with Crippen molar-refractivity contribution in [3.8, 4) is 11.5 Å². The van der Waals surface area contributed by atoms with Crippen LogP contribution in [0.25, 0.3) is 0 Å². The lowest BCUT2D eigenvalue weighted by Crippen LogP contribution is -2.41. The highest BCUT2D eigenvalue weighted by molar-refractivity contribution is 5.76. The van der Waals surface area contributed by atoms with Crippen LogP contribution in [0, 0.1) is 0 Å². The molecule has 0 unspecified atom stereocenters. The van der Waals surface area contributed by atoms with Crippen molar-refractivity contribution >= 4 is 5.91 Å². The third-order valence-corrected chi connectivity index (χ3v) is 2.81. The molecule has 0 saturated carbocycles. The van der Waals surface area contributed by atoms with Gasteiger partial charge in [0.25, 0.3) is 0 Å². The van der Waals surface area contributed by atoms with Crippen molar-refractivity contribution in [1.82, 2.24) is 10.6 Å². The standard InChI is InChI=1S/C15H22N2O3/c1-15(2,3)17-14(18)6-7-16-9-11-4-5-12-13(8-11)20-10-19-12/h4-5,8,16H,6-7,9-10H2,1-3H3,(H,17,18). The number of rotatable bonds is 5. The molecule has 0 bridgehead atoms. The van der Waals surface area contributed by atoms with E-state index in [-0.39, 0.29) is 11.4 Å². The van der Waals surface area contributed by atoms with E-state index in [1.165, 1.54) is 0 Å². The van der Waals surface area contributed by atoms with Gasteiger partial charge in [0.2, 0.25) is 12.7 Å². The summed E-state index contributed by atoms with van der Waals surface area (Å²) >= 11 is 0. The zero-order chi connectivity index (χ0) is 14.6. The second kappa shape index (κ2) is 6.13. The Morgan fingerprint density at radius 3 is 2.75 bits per heavy atom. The summed E-state index contributed by atoms with van der Waals surface area (Å²) < 4.78 is 10.6. The Hall–Kier alpha value is -1.75. The Labute approximate surface area is 119 Å². The third kappa shape index (κ3) is 4.42. The van der Waals surface area contributed by atoms with Gasteiger partial charge in [-0.2, -0.15) is 0 Å². The second-order valence-corrected chi connectivity index (χ2v) is 5.91. The molecule has 0 radical (unpaired) electrons. The quantitative estimate of drug-likeness (QED) is 0.807. The summed E-state index contributed by atoms with van der Waals surface area (Å²) in [4.78, 5) is 11.6. The maximum Gasteiger partial charge on any atom is 0.231 e. The maximum atomic E-state index is 11.6. The van der Waals surface area contributed by atoms with E-state index in [4.69, 9.17) is 9.47 Å². The van der Waals surface area contributed by atoms with E-state index in [9.17, 15) is 4.79 Å². The number of benzene rings is 1. The number of fused-ring (bicyclic) bond motifs is 1. The minimum atomic E-state index is -0.172. The molecule has 2 N–H and O–H groups in total. The highest BCUT2D eigenvalue weighted by atomic mass is 16.7. The fourth-order valence-corrected chi connectivity index (χ4v) is 1.97. The average molecular weight is 278 g/mol. The summed E-state index contributed by atoms with van der Waals surface area (Å²) in [7, 11) is 0. The summed E-state index contributed by atoms with van der Waals surface area (Å²) in [6, 6.07) is 5.87. The van der Waals surface area contributed by atoms with Crippen LogP contribution in [-0.4, -0.2) is 24.8 Å². The van der Waals surface area contributed by atoms with Crippen molar-refractivity contribution in [2.45, 2.75) is 39.3 Å². The van der Waals surface area contributed by atoms with E-state index in [0.717, 1.165) is 17.1 Å². The molecule has 5 nitrogen and oxygen atoms in total. The zero-order valence-electron chi connectivity index (χ0n) is 12.3. The van der Waals surface area contributed by atoms with E-state index in [2.05, 4.69) is 10.6 Å². The predicted octanol–water partition coefficient (Wildman–Crippen LogP) is 1.81. The van der Waals surface area contributed by atoms with Gasteiger partial charge in [0.05, 0.1) is 0 Å². The molecule has 1 aliphatic rings. The smallest absolute Gasteiger partial charge is 0.231 e. The lowest BCUT2D eigenvalue weighted by molar-refractivity contribution is -0.122. The Bertz CT molecular complexity index is 480. The van der Waals surface area contributed by atoms with Crippen LogP contribution in [0.3, 0.4) is 0 Å². The summed E-state index contributed by atoms with van der Waals surface area (Å²) in [5.74, 6) is 1.64. The highest BCUT2D eigenvalue weighted by Crippen LogP contribution is 2.32. The van der Waals surface area contributed by atoms with Crippen LogP contribution in [0.2, 0.25) is 0 Å². The minimum absolute atomic E-state index is 0.0655. The molecule has 0 saturated heterocycles. The van der Waals surface area contributed by atoms with Crippen molar-refractivity contribution in [2.75, 3.05) is 13.3 Å². The summed E-state index contributed by atoms with van der Waals surface area (Å²) in [6.07, 6.45) is 0.474. The van der Waals surface area contributed by atoms with Crippen LogP contribution >= 0.6 is 0 Å². The van der Waals surface area contributed by atoms with Gasteiger partial charge >= 0.3 is 0 Å². The number of ether oxygens (including phenoxy) is 2. The molecule has 1 amide bonds. The molecule has 1 aromatic rings. The summed E-state index contributed by atoms with van der Waals surface area (Å²) in [6.45, 7) is 7.58. The van der Waals surface area contributed by atoms with Crippen LogP contribution < -0.4 is 20.1 Å². The van der Waals surface area contributed by atoms with Crippen LogP contribution in [0.4, 0.5) is 0 Å². The first-order chi connectivity index (χ1) is 9.44. The number of amides is 1. The molecule has 0 aromatic heterocycles. The molecule has 0 fully saturated rings. The average Bonchev–Trinajstić information content (AvgIpc) is 2.79. The first-order valence-electron chi connectivity index (χ1n) is 6.84. The van der Waals surface area contributed by atoms with Crippen molar-refractivity contribution in [1.29, 1.82) is 0 Å². The van der Waals surface area contributed by atoms with Crippen molar-refractivity contribution in [3.05, 3.63) is 23.8 Å². The largest absolute Gasteiger partial charge is 0.454 e. The fourth-order valence-electron chi connectivity index (χ4n) is 1.97. The lowest BCUT2D eigenvalue weighted by Gasteiger charge is -2.20. The van der Waals surface area contributed by atoms with E-state index in [1.54, 1.807) is 0 Å². The molecular formula is C15H22N2O3. The van der Waals surface area contributed by atoms with Crippen LogP contribution in [-0.2, 0) is 11.3 Å². The third-order valence-electron chi connectivity index (χ3n) is 2.81. The normalized spacial score (nSPS) is 13.3. The molecule has 1 heterocycles. The van der Waals surface area contributed by atoms with Crippen LogP contribution in [0.15, 0.2) is 18.2 Å². The predicted molar refractivity (Wildman–Crippen MR) is 76.8 cm³/mol. The van der Waals surface area contributed by atoms with Gasteiger partial charge in [-0.05, 0) is 38.5 Å². The van der Waals surface area contributed by atoms with Gasteiger partial charge in [-0.15, -0.1) is 0 Å². The molecule has 1 aromatic carbocycles. The van der Waals surface area contributed by atoms with Gasteiger partial charge in [0.1, 0.15) is 0 Å². The number of hydrogen-bond donors (Lipinski definition) is 2. The van der Waals surface area contributed by atoms with Crippen molar-refractivity contribution in [3.63, 3.8) is 0 Å². The van der Waals surface area contributed by atoms with Crippen molar-refractivity contribution in [2.24, 2.45) is 0 Å². The SMILES string of the molecule is CC(C)(C)NC(=O)CCNCc1ccc2c(c1)OCO2. The first kappa shape index (κ1) is 14.7. The Morgan fingerprint density at radius 1 is 1.25 bits per heavy atom. The second-order valence-electron chi connectivity index (χ2n) is 5.91. The Kier molecular flexibility index (Phi) is 4.49. The molecule has 0 atom stereocenters. The Morgan fingerprint density at radius 2 is 2.00 bits per heavy atom. The highest BCUT2D eigenvalue weighted by Gasteiger charge is 2.14. The molecule has 1 aliphatic heterocycles. The number of carbonyl (C=O) groups excluding carboxylic acids is 1. The Balaban J connectivity index is 1.70. The van der Waals surface area contributed by atoms with Gasteiger partial charge < -0.3 is 20.1 Å². The van der Waals surface area contributed by atoms with Gasteiger partial charge in [-0.1, -0.05) is 6.07 Å². The number of hydrogen-bond acceptors (Lipinski definition) is 4. The molecule has 5 heteroatoms. The van der Waals surface area contributed by atoms with E-state index < -0.39 is 0 Å². The summed E-state index contributed by atoms with van der Waals surface area (Å²) in [5.41, 5.74) is 0.944. The number of nitrogens with one attached hydrogen (secondary N) is 2. The molecule has 110 valence electrons. The topological polar surface area (TPSA) is 59.6 Å². The summed E-state index contributed by atoms with van der Waals surface area (Å²) in [5, 5.41) is 6.19. The first-order valence-corrected chi connectivity index (χ1v) is 6.84. The van der Waals surface area contributed by atoms with E-state index >= 15 is 0 Å². The fraction of sp³-hybridized carbons (Fsp3) is 0.533. The minimum Gasteiger partial charge on any atom is -0.454 e. The van der Waals surface area contributed by atoms with Crippen LogP contribution in [0.1, 0.15) is 32.8 Å². The zero-order valence-corrected chi connectivity index (χ0v) is 12.3. The van der Waals surface area contributed by atoms with Gasteiger partial charge in [0.15, 0.2) is 11.5 Å². The number of carbonyl (C=O) groups is 1. The van der Waals surface area contributed by atoms with Crippen LogP contribution in [0.5, 0.6) is 11.5 Å². The lowest BCUT2D eigenvalue weighted by atomic mass is 10.1. The molecule has 0 spiro atoms. The molecule has 20 heavy (non-hydrogen) atoms. The van der Waals surface area contributed by atoms with Crippen molar-refractivity contribution < 1.29 is 14.3 Å².